The van der Waals surface area contributed by atoms with E-state index in [9.17, 15) is 4.79 Å². The molecule has 0 saturated carbocycles. The minimum atomic E-state index is -0.146. The number of hydrogen-bond acceptors (Lipinski definition) is 3. The fraction of sp³-hybridized carbons (Fsp3) is 0.273. The van der Waals surface area contributed by atoms with Crippen LogP contribution in [0.25, 0.3) is 0 Å². The average molecular weight is 204 g/mol. The lowest BCUT2D eigenvalue weighted by Crippen LogP contribution is -2.29. The summed E-state index contributed by atoms with van der Waals surface area (Å²) in [5.74, 6) is -0.146. The second-order valence-electron chi connectivity index (χ2n) is 3.05. The Kier molecular flexibility index (Phi) is 3.83. The van der Waals surface area contributed by atoms with Crippen LogP contribution in [0, 0.1) is 11.3 Å². The van der Waals surface area contributed by atoms with E-state index >= 15 is 0 Å². The van der Waals surface area contributed by atoms with Crippen molar-refractivity contribution in [3.05, 3.63) is 29.8 Å². The molecule has 0 fully saturated rings. The van der Waals surface area contributed by atoms with E-state index in [2.05, 4.69) is 0 Å². The Morgan fingerprint density at radius 3 is 2.93 bits per heavy atom. The largest absolute Gasteiger partial charge is 0.375 e. The molecule has 15 heavy (non-hydrogen) atoms. The second kappa shape index (κ2) is 5.13. The smallest absolute Gasteiger partial charge is 0.252 e. The molecule has 1 rings (SSSR count). The van der Waals surface area contributed by atoms with Crippen molar-refractivity contribution >= 4 is 11.6 Å². The second-order valence-corrected chi connectivity index (χ2v) is 3.05. The zero-order valence-corrected chi connectivity index (χ0v) is 8.73. The number of likely N-dealkylation sites (N-methyl/N-ethyl adjacent to an activating group) is 1. The van der Waals surface area contributed by atoms with Crippen molar-refractivity contribution in [2.75, 3.05) is 25.7 Å². The van der Waals surface area contributed by atoms with Crippen LogP contribution < -0.4 is 4.90 Å². The van der Waals surface area contributed by atoms with Gasteiger partial charge in [-0.1, -0.05) is 6.07 Å². The first-order valence-electron chi connectivity index (χ1n) is 4.44. The molecular formula is C11H12N2O2. The summed E-state index contributed by atoms with van der Waals surface area (Å²) in [5, 5.41) is 8.71. The SMILES string of the molecule is COCC(=O)N(C)c1cccc(C#N)c1. The molecular weight excluding hydrogens is 192 g/mol. The highest BCUT2D eigenvalue weighted by atomic mass is 16.5. The number of rotatable bonds is 3. The maximum absolute atomic E-state index is 11.5. The van der Waals surface area contributed by atoms with Crippen molar-refractivity contribution < 1.29 is 9.53 Å². The van der Waals surface area contributed by atoms with Gasteiger partial charge in [-0.2, -0.15) is 5.26 Å². The lowest BCUT2D eigenvalue weighted by Gasteiger charge is -2.16. The van der Waals surface area contributed by atoms with Crippen LogP contribution in [-0.2, 0) is 9.53 Å². The number of methoxy groups -OCH3 is 1. The molecule has 4 nitrogen and oxygen atoms in total. The molecule has 0 aliphatic heterocycles. The number of nitriles is 1. The summed E-state index contributed by atoms with van der Waals surface area (Å²) >= 11 is 0. The molecule has 0 spiro atoms. The molecule has 0 saturated heterocycles. The van der Waals surface area contributed by atoms with Gasteiger partial charge in [-0.3, -0.25) is 4.79 Å². The molecule has 4 heteroatoms. The molecule has 0 radical (unpaired) electrons. The summed E-state index contributed by atoms with van der Waals surface area (Å²) in [6.07, 6.45) is 0. The Morgan fingerprint density at radius 2 is 2.33 bits per heavy atom. The highest BCUT2D eigenvalue weighted by Crippen LogP contribution is 2.14. The van der Waals surface area contributed by atoms with Gasteiger partial charge in [0.1, 0.15) is 6.61 Å². The van der Waals surface area contributed by atoms with Crippen LogP contribution >= 0.6 is 0 Å². The Bertz CT molecular complexity index is 396. The molecule has 1 amide bonds. The molecule has 0 aliphatic rings. The van der Waals surface area contributed by atoms with E-state index in [1.807, 2.05) is 6.07 Å². The normalized spacial score (nSPS) is 9.40. The summed E-state index contributed by atoms with van der Waals surface area (Å²) in [4.78, 5) is 12.9. The Hall–Kier alpha value is -1.86. The van der Waals surface area contributed by atoms with Crippen molar-refractivity contribution in [3.8, 4) is 6.07 Å². The van der Waals surface area contributed by atoms with Crippen LogP contribution in [0.15, 0.2) is 24.3 Å². The van der Waals surface area contributed by atoms with Gasteiger partial charge in [0.05, 0.1) is 11.6 Å². The van der Waals surface area contributed by atoms with E-state index in [0.717, 1.165) is 0 Å². The molecule has 0 unspecified atom stereocenters. The molecule has 1 aromatic carbocycles. The zero-order valence-electron chi connectivity index (χ0n) is 8.73. The number of ether oxygens (including phenoxy) is 1. The summed E-state index contributed by atoms with van der Waals surface area (Å²) < 4.78 is 4.75. The average Bonchev–Trinajstić information content (AvgIpc) is 2.28. The maximum Gasteiger partial charge on any atom is 0.252 e. The van der Waals surface area contributed by atoms with Gasteiger partial charge < -0.3 is 9.64 Å². The van der Waals surface area contributed by atoms with E-state index in [1.165, 1.54) is 12.0 Å². The standard InChI is InChI=1S/C11H12N2O2/c1-13(11(14)8-15-2)10-5-3-4-9(6-10)7-12/h3-6H,8H2,1-2H3. The Balaban J connectivity index is 2.87. The fourth-order valence-electron chi connectivity index (χ4n) is 1.15. The topological polar surface area (TPSA) is 53.3 Å². The van der Waals surface area contributed by atoms with Gasteiger partial charge in [0.15, 0.2) is 0 Å². The van der Waals surface area contributed by atoms with E-state index in [4.69, 9.17) is 10.00 Å². The minimum absolute atomic E-state index is 0.0350. The highest BCUT2D eigenvalue weighted by molar-refractivity contribution is 5.93. The van der Waals surface area contributed by atoms with Crippen molar-refractivity contribution in [2.45, 2.75) is 0 Å². The predicted octanol–water partition coefficient (Wildman–Crippen LogP) is 1.17. The van der Waals surface area contributed by atoms with Gasteiger partial charge in [0, 0.05) is 19.8 Å². The van der Waals surface area contributed by atoms with E-state index in [1.54, 1.807) is 31.3 Å². The quantitative estimate of drug-likeness (QED) is 0.742. The maximum atomic E-state index is 11.5. The minimum Gasteiger partial charge on any atom is -0.375 e. The Morgan fingerprint density at radius 1 is 1.60 bits per heavy atom. The van der Waals surface area contributed by atoms with Crippen molar-refractivity contribution in [1.82, 2.24) is 0 Å². The van der Waals surface area contributed by atoms with E-state index < -0.39 is 0 Å². The van der Waals surface area contributed by atoms with Crippen LogP contribution in [0.5, 0.6) is 0 Å². The molecule has 0 heterocycles. The number of nitrogens with zero attached hydrogens (tertiary/aromatic N) is 2. The first kappa shape index (κ1) is 11.2. The number of anilines is 1. The third-order valence-electron chi connectivity index (χ3n) is 2.00. The van der Waals surface area contributed by atoms with Gasteiger partial charge in [0.2, 0.25) is 0 Å². The molecule has 0 aromatic heterocycles. The first-order chi connectivity index (χ1) is 7.19. The molecule has 0 atom stereocenters. The number of benzene rings is 1. The first-order valence-corrected chi connectivity index (χ1v) is 4.44. The van der Waals surface area contributed by atoms with Crippen LogP contribution in [0.2, 0.25) is 0 Å². The third kappa shape index (κ3) is 2.79. The van der Waals surface area contributed by atoms with Crippen LogP contribution in [0.3, 0.4) is 0 Å². The molecule has 78 valence electrons. The number of carbonyl (C=O) groups excluding carboxylic acids is 1. The lowest BCUT2D eigenvalue weighted by atomic mass is 10.2. The number of carbonyl (C=O) groups is 1. The molecule has 0 N–H and O–H groups in total. The zero-order chi connectivity index (χ0) is 11.3. The number of amides is 1. The summed E-state index contributed by atoms with van der Waals surface area (Å²) in [6.45, 7) is 0.0350. The van der Waals surface area contributed by atoms with Gasteiger partial charge in [-0.15, -0.1) is 0 Å². The van der Waals surface area contributed by atoms with Crippen molar-refractivity contribution in [1.29, 1.82) is 5.26 Å². The van der Waals surface area contributed by atoms with E-state index in [0.29, 0.717) is 11.3 Å². The van der Waals surface area contributed by atoms with E-state index in [-0.39, 0.29) is 12.5 Å². The van der Waals surface area contributed by atoms with Crippen LogP contribution in [-0.4, -0.2) is 26.7 Å². The molecule has 1 aromatic rings. The monoisotopic (exact) mass is 204 g/mol. The summed E-state index contributed by atoms with van der Waals surface area (Å²) in [5.41, 5.74) is 1.22. The fourth-order valence-corrected chi connectivity index (χ4v) is 1.15. The Labute approximate surface area is 88.7 Å². The summed E-state index contributed by atoms with van der Waals surface area (Å²) in [7, 11) is 3.12. The summed E-state index contributed by atoms with van der Waals surface area (Å²) in [6, 6.07) is 8.89. The predicted molar refractivity (Wildman–Crippen MR) is 56.4 cm³/mol. The van der Waals surface area contributed by atoms with Crippen molar-refractivity contribution in [3.63, 3.8) is 0 Å². The lowest BCUT2D eigenvalue weighted by molar-refractivity contribution is -0.121. The van der Waals surface area contributed by atoms with Gasteiger partial charge in [0.25, 0.3) is 5.91 Å². The van der Waals surface area contributed by atoms with Crippen LogP contribution in [0.4, 0.5) is 5.69 Å². The van der Waals surface area contributed by atoms with Gasteiger partial charge in [-0.25, -0.2) is 0 Å². The van der Waals surface area contributed by atoms with Gasteiger partial charge >= 0.3 is 0 Å². The number of hydrogen-bond donors (Lipinski definition) is 0. The third-order valence-corrected chi connectivity index (χ3v) is 2.00. The van der Waals surface area contributed by atoms with Crippen LogP contribution in [0.1, 0.15) is 5.56 Å². The highest BCUT2D eigenvalue weighted by Gasteiger charge is 2.10. The molecule has 0 aliphatic carbocycles. The molecule has 0 bridgehead atoms. The van der Waals surface area contributed by atoms with Gasteiger partial charge in [-0.05, 0) is 18.2 Å². The van der Waals surface area contributed by atoms with Crippen molar-refractivity contribution in [2.24, 2.45) is 0 Å².